The molecule has 2 rings (SSSR count). The zero-order valence-corrected chi connectivity index (χ0v) is 11.4. The van der Waals surface area contributed by atoms with Crippen molar-refractivity contribution in [3.05, 3.63) is 21.9 Å². The maximum absolute atomic E-state index is 5.96. The number of rotatable bonds is 3. The zero-order valence-electron chi connectivity index (χ0n) is 9.04. The zero-order chi connectivity index (χ0) is 11.5. The van der Waals surface area contributed by atoms with Crippen LogP contribution in [-0.4, -0.2) is 24.2 Å². The first kappa shape index (κ1) is 12.1. The van der Waals surface area contributed by atoms with Gasteiger partial charge in [-0.25, -0.2) is 4.98 Å². The van der Waals surface area contributed by atoms with Crippen LogP contribution >= 0.6 is 27.5 Å². The lowest BCUT2D eigenvalue weighted by Gasteiger charge is -2.20. The third-order valence-corrected chi connectivity index (χ3v) is 4.00. The molecule has 1 fully saturated rings. The van der Waals surface area contributed by atoms with Gasteiger partial charge in [0.05, 0.1) is 11.2 Å². The lowest BCUT2D eigenvalue weighted by atomic mass is 10.0. The van der Waals surface area contributed by atoms with E-state index >= 15 is 0 Å². The van der Waals surface area contributed by atoms with Gasteiger partial charge in [-0.15, -0.1) is 0 Å². The maximum atomic E-state index is 5.96. The number of hydrogen-bond donors (Lipinski definition) is 1. The Morgan fingerprint density at radius 3 is 3.12 bits per heavy atom. The topological polar surface area (TPSA) is 34.1 Å². The summed E-state index contributed by atoms with van der Waals surface area (Å²) in [5.74, 6) is 1.30. The number of nitrogens with zero attached hydrogens (tertiary/aromatic N) is 1. The predicted octanol–water partition coefficient (Wildman–Crippen LogP) is 2.87. The Hall–Kier alpha value is -0.320. The van der Waals surface area contributed by atoms with Gasteiger partial charge < -0.3 is 10.1 Å². The molecule has 0 radical (unpaired) electrons. The van der Waals surface area contributed by atoms with Gasteiger partial charge >= 0.3 is 0 Å². The van der Waals surface area contributed by atoms with Crippen molar-refractivity contribution in [2.45, 2.75) is 19.4 Å². The highest BCUT2D eigenvalue weighted by Crippen LogP contribution is 2.26. The summed E-state index contributed by atoms with van der Waals surface area (Å²) in [6, 6.07) is 1.79. The van der Waals surface area contributed by atoms with Crippen molar-refractivity contribution in [2.24, 2.45) is 5.92 Å². The highest BCUT2D eigenvalue weighted by atomic mass is 79.9. The number of hydrogen-bond acceptors (Lipinski definition) is 3. The van der Waals surface area contributed by atoms with Crippen LogP contribution in [0.15, 0.2) is 16.9 Å². The molecule has 16 heavy (non-hydrogen) atoms. The molecule has 1 aliphatic heterocycles. The fourth-order valence-corrected chi connectivity index (χ4v) is 2.23. The standard InChI is InChI=1S/C11H14BrClN2O/c1-7(8-2-3-14-5-8)16-9-4-10(13)11(12)15-6-9/h4,6-8,14H,2-3,5H2,1H3. The molecule has 1 aromatic rings. The second-order valence-corrected chi connectivity index (χ2v) is 5.18. The second-order valence-electron chi connectivity index (χ2n) is 4.02. The number of aromatic nitrogens is 1. The van der Waals surface area contributed by atoms with Gasteiger partial charge in [0.1, 0.15) is 16.5 Å². The molecule has 2 heterocycles. The molecule has 0 aromatic carbocycles. The van der Waals surface area contributed by atoms with E-state index in [-0.39, 0.29) is 6.10 Å². The number of pyridine rings is 1. The minimum atomic E-state index is 0.189. The van der Waals surface area contributed by atoms with E-state index in [0.717, 1.165) is 18.8 Å². The van der Waals surface area contributed by atoms with E-state index in [2.05, 4.69) is 33.2 Å². The van der Waals surface area contributed by atoms with Gasteiger partial charge in [0.15, 0.2) is 0 Å². The van der Waals surface area contributed by atoms with E-state index in [0.29, 0.717) is 15.5 Å². The molecule has 0 aliphatic carbocycles. The molecule has 3 nitrogen and oxygen atoms in total. The largest absolute Gasteiger partial charge is 0.489 e. The lowest BCUT2D eigenvalue weighted by molar-refractivity contribution is 0.160. The second kappa shape index (κ2) is 5.34. The van der Waals surface area contributed by atoms with Gasteiger partial charge in [-0.3, -0.25) is 0 Å². The summed E-state index contributed by atoms with van der Waals surface area (Å²) >= 11 is 9.21. The summed E-state index contributed by atoms with van der Waals surface area (Å²) in [5.41, 5.74) is 0. The van der Waals surface area contributed by atoms with Gasteiger partial charge in [0.25, 0.3) is 0 Å². The average molecular weight is 306 g/mol. The van der Waals surface area contributed by atoms with Gasteiger partial charge in [0.2, 0.25) is 0 Å². The first-order valence-electron chi connectivity index (χ1n) is 5.35. The fraction of sp³-hybridized carbons (Fsp3) is 0.545. The van der Waals surface area contributed by atoms with E-state index in [1.165, 1.54) is 6.42 Å². The Morgan fingerprint density at radius 1 is 1.69 bits per heavy atom. The van der Waals surface area contributed by atoms with Crippen molar-refractivity contribution in [1.29, 1.82) is 0 Å². The van der Waals surface area contributed by atoms with Crippen LogP contribution in [0.5, 0.6) is 5.75 Å². The molecule has 0 bridgehead atoms. The normalized spacial score (nSPS) is 22.1. The van der Waals surface area contributed by atoms with Crippen LogP contribution in [0.4, 0.5) is 0 Å². The van der Waals surface area contributed by atoms with Gasteiger partial charge in [0, 0.05) is 18.5 Å². The fourth-order valence-electron chi connectivity index (χ4n) is 1.86. The van der Waals surface area contributed by atoms with Crippen LogP contribution in [0.1, 0.15) is 13.3 Å². The molecular weight excluding hydrogens is 291 g/mol. The minimum absolute atomic E-state index is 0.189. The molecule has 2 atom stereocenters. The Labute approximate surface area is 109 Å². The first-order chi connectivity index (χ1) is 7.66. The number of halogens is 2. The minimum Gasteiger partial charge on any atom is -0.489 e. The van der Waals surface area contributed by atoms with E-state index in [1.807, 2.05) is 0 Å². The summed E-state index contributed by atoms with van der Waals surface area (Å²) in [4.78, 5) is 4.10. The maximum Gasteiger partial charge on any atom is 0.139 e. The van der Waals surface area contributed by atoms with E-state index in [9.17, 15) is 0 Å². The molecule has 2 unspecified atom stereocenters. The molecule has 5 heteroatoms. The third kappa shape index (κ3) is 2.87. The molecule has 0 spiro atoms. The molecular formula is C11H14BrClN2O. The Balaban J connectivity index is 1.99. The molecule has 0 saturated carbocycles. The highest BCUT2D eigenvalue weighted by molar-refractivity contribution is 9.10. The molecule has 88 valence electrons. The summed E-state index contributed by atoms with van der Waals surface area (Å²) in [6.45, 7) is 4.20. The van der Waals surface area contributed by atoms with Gasteiger partial charge in [-0.1, -0.05) is 11.6 Å². The smallest absolute Gasteiger partial charge is 0.139 e. The van der Waals surface area contributed by atoms with Gasteiger partial charge in [-0.2, -0.15) is 0 Å². The van der Waals surface area contributed by atoms with E-state index in [1.54, 1.807) is 12.3 Å². The molecule has 1 saturated heterocycles. The van der Waals surface area contributed by atoms with Crippen LogP contribution in [-0.2, 0) is 0 Å². The summed E-state index contributed by atoms with van der Waals surface area (Å²) < 4.78 is 6.48. The molecule has 1 aromatic heterocycles. The Morgan fingerprint density at radius 2 is 2.50 bits per heavy atom. The first-order valence-corrected chi connectivity index (χ1v) is 6.52. The Kier molecular flexibility index (Phi) is 4.05. The third-order valence-electron chi connectivity index (χ3n) is 2.86. The summed E-state index contributed by atoms with van der Waals surface area (Å²) in [5, 5.41) is 3.91. The predicted molar refractivity (Wildman–Crippen MR) is 68.0 cm³/mol. The quantitative estimate of drug-likeness (QED) is 0.872. The summed E-state index contributed by atoms with van der Waals surface area (Å²) in [6.07, 6.45) is 3.04. The highest BCUT2D eigenvalue weighted by Gasteiger charge is 2.22. The number of ether oxygens (including phenoxy) is 1. The monoisotopic (exact) mass is 304 g/mol. The molecule has 0 amide bonds. The van der Waals surface area contributed by atoms with Crippen LogP contribution in [0, 0.1) is 5.92 Å². The van der Waals surface area contributed by atoms with Crippen LogP contribution in [0.3, 0.4) is 0 Å². The van der Waals surface area contributed by atoms with Crippen molar-refractivity contribution in [2.75, 3.05) is 13.1 Å². The van der Waals surface area contributed by atoms with Gasteiger partial charge in [-0.05, 0) is 35.8 Å². The van der Waals surface area contributed by atoms with Crippen LogP contribution < -0.4 is 10.1 Å². The van der Waals surface area contributed by atoms with Crippen molar-refractivity contribution in [3.8, 4) is 5.75 Å². The van der Waals surface area contributed by atoms with Crippen LogP contribution in [0.25, 0.3) is 0 Å². The van der Waals surface area contributed by atoms with E-state index < -0.39 is 0 Å². The lowest BCUT2D eigenvalue weighted by Crippen LogP contribution is -2.25. The Bertz CT molecular complexity index is 369. The van der Waals surface area contributed by atoms with Crippen molar-refractivity contribution < 1.29 is 4.74 Å². The van der Waals surface area contributed by atoms with Crippen LogP contribution in [0.2, 0.25) is 5.02 Å². The van der Waals surface area contributed by atoms with Crippen molar-refractivity contribution in [3.63, 3.8) is 0 Å². The molecule has 1 N–H and O–H groups in total. The average Bonchev–Trinajstić information content (AvgIpc) is 2.77. The summed E-state index contributed by atoms with van der Waals surface area (Å²) in [7, 11) is 0. The van der Waals surface area contributed by atoms with Crippen molar-refractivity contribution in [1.82, 2.24) is 10.3 Å². The van der Waals surface area contributed by atoms with E-state index in [4.69, 9.17) is 16.3 Å². The van der Waals surface area contributed by atoms with Crippen molar-refractivity contribution >= 4 is 27.5 Å². The molecule has 1 aliphatic rings. The number of nitrogens with one attached hydrogen (secondary N) is 1. The SMILES string of the molecule is CC(Oc1cnc(Br)c(Cl)c1)C1CCNC1.